The van der Waals surface area contributed by atoms with E-state index in [0.29, 0.717) is 84.5 Å². The second-order valence-electron chi connectivity index (χ2n) is 15.0. The molecular formula is C36H54F3N5O6. The number of likely N-dealkylation sites (tertiary alicyclic amines) is 2. The molecule has 1 aromatic carbocycles. The fourth-order valence-electron chi connectivity index (χ4n) is 7.01. The number of ether oxygens (including phenoxy) is 2. The van der Waals surface area contributed by atoms with Gasteiger partial charge in [0.15, 0.2) is 0 Å². The Morgan fingerprint density at radius 2 is 1.52 bits per heavy atom. The lowest BCUT2D eigenvalue weighted by Crippen LogP contribution is -2.53. The zero-order chi connectivity index (χ0) is 36.3. The number of amides is 4. The van der Waals surface area contributed by atoms with Crippen molar-refractivity contribution in [3.05, 3.63) is 35.4 Å². The topological polar surface area (TPSA) is 121 Å². The van der Waals surface area contributed by atoms with Crippen LogP contribution >= 0.6 is 0 Å². The lowest BCUT2D eigenvalue weighted by atomic mass is 9.80. The molecule has 3 aliphatic rings. The van der Waals surface area contributed by atoms with Crippen LogP contribution in [0.15, 0.2) is 24.3 Å². The van der Waals surface area contributed by atoms with Crippen LogP contribution in [0.5, 0.6) is 0 Å². The predicted octanol–water partition coefficient (Wildman–Crippen LogP) is 3.46. The zero-order valence-corrected chi connectivity index (χ0v) is 29.7. The van der Waals surface area contributed by atoms with Gasteiger partial charge in [-0.25, -0.2) is 0 Å². The van der Waals surface area contributed by atoms with Crippen molar-refractivity contribution in [3.8, 4) is 0 Å². The molecule has 0 radical (unpaired) electrons. The Hall–Kier alpha value is -3.23. The van der Waals surface area contributed by atoms with E-state index in [1.54, 1.807) is 4.90 Å². The van der Waals surface area contributed by atoms with Gasteiger partial charge >= 0.3 is 6.18 Å². The summed E-state index contributed by atoms with van der Waals surface area (Å²) in [4.78, 5) is 57.9. The summed E-state index contributed by atoms with van der Waals surface area (Å²) in [6.07, 6.45) is -1.15. The number of hydrogen-bond donors (Lipinski definition) is 2. The number of halogens is 3. The first kappa shape index (κ1) is 39.6. The predicted molar refractivity (Wildman–Crippen MR) is 181 cm³/mol. The van der Waals surface area contributed by atoms with Gasteiger partial charge < -0.3 is 29.9 Å². The van der Waals surface area contributed by atoms with Crippen LogP contribution < -0.4 is 10.6 Å². The van der Waals surface area contributed by atoms with Crippen LogP contribution in [-0.4, -0.2) is 117 Å². The molecule has 3 fully saturated rings. The third-order valence-corrected chi connectivity index (χ3v) is 9.69. The quantitative estimate of drug-likeness (QED) is 0.492. The van der Waals surface area contributed by atoms with Gasteiger partial charge in [-0.05, 0) is 67.2 Å². The van der Waals surface area contributed by atoms with Gasteiger partial charge in [-0.2, -0.15) is 13.2 Å². The lowest BCUT2D eigenvalue weighted by molar-refractivity contribution is -0.145. The second kappa shape index (κ2) is 18.3. The number of fused-ring (bicyclic) bond motifs is 1. The number of carbonyl (C=O) groups excluding carboxylic acids is 4. The molecule has 1 aromatic rings. The number of nitrogens with one attached hydrogen (secondary N) is 2. The van der Waals surface area contributed by atoms with Gasteiger partial charge in [-0.3, -0.25) is 24.1 Å². The van der Waals surface area contributed by atoms with Crippen LogP contribution in [-0.2, 0) is 41.4 Å². The van der Waals surface area contributed by atoms with Crippen LogP contribution in [0.2, 0.25) is 0 Å². The summed E-state index contributed by atoms with van der Waals surface area (Å²) in [7, 11) is 0. The van der Waals surface area contributed by atoms with E-state index >= 15 is 0 Å². The molecular weight excluding hydrogens is 655 g/mol. The van der Waals surface area contributed by atoms with Crippen molar-refractivity contribution in [2.24, 2.45) is 17.3 Å². The van der Waals surface area contributed by atoms with Gasteiger partial charge in [0.2, 0.25) is 23.6 Å². The fourth-order valence-corrected chi connectivity index (χ4v) is 7.01. The molecule has 3 heterocycles. The minimum atomic E-state index is -4.39. The van der Waals surface area contributed by atoms with Gasteiger partial charge in [0.25, 0.3) is 0 Å². The van der Waals surface area contributed by atoms with E-state index in [1.807, 2.05) is 25.7 Å². The molecule has 3 saturated heterocycles. The number of alkyl halides is 3. The number of carbonyl (C=O) groups is 4. The van der Waals surface area contributed by atoms with Crippen molar-refractivity contribution in [2.75, 3.05) is 72.2 Å². The molecule has 4 amide bonds. The highest BCUT2D eigenvalue weighted by atomic mass is 19.4. The van der Waals surface area contributed by atoms with E-state index < -0.39 is 11.7 Å². The highest BCUT2D eigenvalue weighted by Gasteiger charge is 2.34. The fraction of sp³-hybridized carbons (Fsp3) is 0.722. The summed E-state index contributed by atoms with van der Waals surface area (Å²) >= 11 is 0. The Morgan fingerprint density at radius 1 is 0.840 bits per heavy atom. The maximum absolute atomic E-state index is 13.4. The smallest absolute Gasteiger partial charge is 0.377 e. The molecule has 3 aliphatic heterocycles. The van der Waals surface area contributed by atoms with Crippen molar-refractivity contribution < 1.29 is 41.8 Å². The molecule has 14 heteroatoms. The second-order valence-corrected chi connectivity index (χ2v) is 15.0. The Morgan fingerprint density at radius 3 is 2.20 bits per heavy atom. The number of nitrogens with zero attached hydrogens (tertiary/aromatic N) is 3. The summed E-state index contributed by atoms with van der Waals surface area (Å²) in [5.41, 5.74) is -0.0336. The van der Waals surface area contributed by atoms with Crippen molar-refractivity contribution in [1.82, 2.24) is 25.3 Å². The van der Waals surface area contributed by atoms with E-state index in [9.17, 15) is 32.3 Å². The molecule has 4 rings (SSSR count). The maximum atomic E-state index is 13.4. The lowest BCUT2D eigenvalue weighted by Gasteiger charge is -2.39. The van der Waals surface area contributed by atoms with Crippen molar-refractivity contribution >= 4 is 23.6 Å². The Bertz CT molecular complexity index is 1280. The van der Waals surface area contributed by atoms with E-state index in [4.69, 9.17) is 9.47 Å². The van der Waals surface area contributed by atoms with Crippen LogP contribution in [0.25, 0.3) is 0 Å². The molecule has 0 aliphatic carbocycles. The van der Waals surface area contributed by atoms with Gasteiger partial charge in [-0.15, -0.1) is 0 Å². The summed E-state index contributed by atoms with van der Waals surface area (Å²) in [6, 6.07) is 4.99. The monoisotopic (exact) mass is 709 g/mol. The molecule has 2 N–H and O–H groups in total. The average molecular weight is 710 g/mol. The third-order valence-electron chi connectivity index (χ3n) is 9.69. The van der Waals surface area contributed by atoms with Crippen molar-refractivity contribution in [1.29, 1.82) is 0 Å². The van der Waals surface area contributed by atoms with Gasteiger partial charge in [0.1, 0.15) is 6.61 Å². The first-order valence-electron chi connectivity index (χ1n) is 17.8. The van der Waals surface area contributed by atoms with Crippen molar-refractivity contribution in [3.63, 3.8) is 0 Å². The average Bonchev–Trinajstić information content (AvgIpc) is 3.04. The first-order valence-corrected chi connectivity index (χ1v) is 17.8. The molecule has 0 bridgehead atoms. The number of hydrogen-bond acceptors (Lipinski definition) is 7. The number of benzene rings is 1. The van der Waals surface area contributed by atoms with Crippen LogP contribution in [0.1, 0.15) is 70.4 Å². The van der Waals surface area contributed by atoms with E-state index in [-0.39, 0.29) is 73.3 Å². The molecule has 280 valence electrons. The summed E-state index contributed by atoms with van der Waals surface area (Å²) in [5.74, 6) is -0.450. The molecule has 0 aromatic heterocycles. The summed E-state index contributed by atoms with van der Waals surface area (Å²) in [5, 5.41) is 5.89. The Kier molecular flexibility index (Phi) is 14.5. The Balaban J connectivity index is 1.39. The SMILES string of the molecule is CC(C)(C)CC(=O)N1CCC(N2CC(=O)NCC[C@H]3CN(Cc4ccc(C(F)(F)F)cc4)CC[C@H]3CC(=O)NCCOCCOCC2=O)CC1. The van der Waals surface area contributed by atoms with Gasteiger partial charge in [0.05, 0.1) is 31.9 Å². The first-order chi connectivity index (χ1) is 23.7. The van der Waals surface area contributed by atoms with Crippen molar-refractivity contribution in [2.45, 2.75) is 78.1 Å². The zero-order valence-electron chi connectivity index (χ0n) is 29.7. The largest absolute Gasteiger partial charge is 0.416 e. The van der Waals surface area contributed by atoms with Crippen LogP contribution in [0, 0.1) is 17.3 Å². The molecule has 50 heavy (non-hydrogen) atoms. The molecule has 0 spiro atoms. The minimum absolute atomic E-state index is 0.0590. The van der Waals surface area contributed by atoms with E-state index in [2.05, 4.69) is 15.5 Å². The Labute approximate surface area is 293 Å². The summed E-state index contributed by atoms with van der Waals surface area (Å²) < 4.78 is 50.3. The minimum Gasteiger partial charge on any atom is -0.377 e. The van der Waals surface area contributed by atoms with Crippen LogP contribution in [0.3, 0.4) is 0 Å². The normalized spacial score (nSPS) is 24.0. The highest BCUT2D eigenvalue weighted by Crippen LogP contribution is 2.32. The molecule has 0 unspecified atom stereocenters. The molecule has 2 atom stereocenters. The summed E-state index contributed by atoms with van der Waals surface area (Å²) in [6.45, 7) is 10.0. The molecule has 0 saturated carbocycles. The standard InChI is InChI=1S/C36H54F3N5O6/c1-35(2,3)21-33(47)43-15-10-30(11-16-43)44-24-32(46)40-12-8-28-23-42(22-26-4-6-29(7-5-26)36(37,38)39)14-9-27(28)20-31(45)41-13-17-49-18-19-50-25-34(44)48/h4-7,27-28,30H,8-25H2,1-3H3,(H,40,46)(H,41,45)/t27-,28-/m0/s1. The third kappa shape index (κ3) is 12.8. The molecule has 11 nitrogen and oxygen atoms in total. The number of rotatable bonds is 4. The van der Waals surface area contributed by atoms with E-state index in [1.165, 1.54) is 12.1 Å². The van der Waals surface area contributed by atoms with E-state index in [0.717, 1.165) is 24.1 Å². The van der Waals surface area contributed by atoms with Gasteiger partial charge in [-0.1, -0.05) is 32.9 Å². The van der Waals surface area contributed by atoms with Crippen LogP contribution in [0.4, 0.5) is 13.2 Å². The maximum Gasteiger partial charge on any atom is 0.416 e. The number of piperidine rings is 2. The highest BCUT2D eigenvalue weighted by molar-refractivity contribution is 5.85. The van der Waals surface area contributed by atoms with Gasteiger partial charge in [0, 0.05) is 58.2 Å².